The van der Waals surface area contributed by atoms with Gasteiger partial charge in [-0.2, -0.15) is 0 Å². The highest BCUT2D eigenvalue weighted by atomic mass is 32.1. The summed E-state index contributed by atoms with van der Waals surface area (Å²) in [6.45, 7) is 6.05. The minimum atomic E-state index is -0.453. The molecule has 0 unspecified atom stereocenters. The highest BCUT2D eigenvalue weighted by molar-refractivity contribution is 7.13. The molecule has 1 atom stereocenters. The molecule has 3 rings (SSSR count). The molecule has 1 aliphatic rings. The number of aryl methyl sites for hydroxylation is 2. The highest BCUT2D eigenvalue weighted by Crippen LogP contribution is 2.21. The Morgan fingerprint density at radius 3 is 2.58 bits per heavy atom. The standard InChI is InChI=1S/C19H24N4O2S/c1-13-17(26-14(2)21-13)19(25)23-11-10-22(16(12-23)18(20)24)9-8-15-6-4-3-5-7-15/h3-7,16H,8-12H2,1-2H3,(H2,20,24)/t16-/m0/s1. The number of carbonyl (C=O) groups excluding carboxylic acids is 2. The van der Waals surface area contributed by atoms with Crippen LogP contribution in [0.5, 0.6) is 0 Å². The van der Waals surface area contributed by atoms with E-state index in [1.165, 1.54) is 16.9 Å². The van der Waals surface area contributed by atoms with Crippen molar-refractivity contribution >= 4 is 23.2 Å². The molecule has 0 radical (unpaired) electrons. The van der Waals surface area contributed by atoms with E-state index >= 15 is 0 Å². The second-order valence-corrected chi connectivity index (χ2v) is 7.79. The Bertz CT molecular complexity index is 790. The molecule has 1 aliphatic heterocycles. The van der Waals surface area contributed by atoms with Crippen LogP contribution in [0.4, 0.5) is 0 Å². The van der Waals surface area contributed by atoms with Gasteiger partial charge in [0, 0.05) is 26.2 Å². The first-order chi connectivity index (χ1) is 12.5. The Balaban J connectivity index is 1.67. The number of carbonyl (C=O) groups is 2. The number of piperazine rings is 1. The molecule has 2 aromatic rings. The predicted molar refractivity (Wildman–Crippen MR) is 102 cm³/mol. The first-order valence-electron chi connectivity index (χ1n) is 8.76. The first kappa shape index (κ1) is 18.5. The molecule has 0 aliphatic carbocycles. The molecule has 0 bridgehead atoms. The SMILES string of the molecule is Cc1nc(C)c(C(=O)N2CCN(CCc3ccccc3)[C@H](C(N)=O)C2)s1. The van der Waals surface area contributed by atoms with Crippen molar-refractivity contribution in [2.75, 3.05) is 26.2 Å². The van der Waals surface area contributed by atoms with Crippen LogP contribution in [0.1, 0.15) is 25.9 Å². The van der Waals surface area contributed by atoms with Crippen molar-refractivity contribution in [2.45, 2.75) is 26.3 Å². The number of nitrogens with two attached hydrogens (primary N) is 1. The lowest BCUT2D eigenvalue weighted by atomic mass is 10.1. The number of thiazole rings is 1. The third kappa shape index (κ3) is 4.11. The molecule has 1 fully saturated rings. The molecule has 0 saturated carbocycles. The van der Waals surface area contributed by atoms with E-state index in [0.717, 1.165) is 23.7 Å². The third-order valence-corrected chi connectivity index (χ3v) is 5.80. The van der Waals surface area contributed by atoms with Gasteiger partial charge in [-0.1, -0.05) is 30.3 Å². The Hall–Kier alpha value is -2.25. The van der Waals surface area contributed by atoms with Crippen molar-refractivity contribution in [1.29, 1.82) is 0 Å². The Morgan fingerprint density at radius 1 is 1.23 bits per heavy atom. The Morgan fingerprint density at radius 2 is 1.96 bits per heavy atom. The van der Waals surface area contributed by atoms with Gasteiger partial charge in [-0.15, -0.1) is 11.3 Å². The van der Waals surface area contributed by atoms with Crippen molar-refractivity contribution < 1.29 is 9.59 Å². The van der Waals surface area contributed by atoms with Gasteiger partial charge in [-0.25, -0.2) is 4.98 Å². The van der Waals surface area contributed by atoms with Gasteiger partial charge in [0.1, 0.15) is 10.9 Å². The molecule has 7 heteroatoms. The number of primary amides is 1. The first-order valence-corrected chi connectivity index (χ1v) is 9.58. The molecule has 1 aromatic heterocycles. The molecular formula is C19H24N4O2S. The molecule has 2 amide bonds. The molecule has 26 heavy (non-hydrogen) atoms. The van der Waals surface area contributed by atoms with Crippen LogP contribution in [0.15, 0.2) is 30.3 Å². The molecule has 0 spiro atoms. The monoisotopic (exact) mass is 372 g/mol. The smallest absolute Gasteiger partial charge is 0.265 e. The van der Waals surface area contributed by atoms with Crippen LogP contribution in [0.2, 0.25) is 0 Å². The van der Waals surface area contributed by atoms with E-state index in [1.54, 1.807) is 4.90 Å². The quantitative estimate of drug-likeness (QED) is 0.865. The van der Waals surface area contributed by atoms with Crippen molar-refractivity contribution in [2.24, 2.45) is 5.73 Å². The van der Waals surface area contributed by atoms with Crippen molar-refractivity contribution in [1.82, 2.24) is 14.8 Å². The van der Waals surface area contributed by atoms with Crippen molar-refractivity contribution in [3.63, 3.8) is 0 Å². The highest BCUT2D eigenvalue weighted by Gasteiger charge is 2.34. The fourth-order valence-corrected chi connectivity index (χ4v) is 4.22. The average molecular weight is 372 g/mol. The lowest BCUT2D eigenvalue weighted by Crippen LogP contribution is -2.59. The van der Waals surface area contributed by atoms with Crippen LogP contribution < -0.4 is 5.73 Å². The normalized spacial score (nSPS) is 18.1. The van der Waals surface area contributed by atoms with Crippen LogP contribution >= 0.6 is 11.3 Å². The van der Waals surface area contributed by atoms with Gasteiger partial charge in [0.15, 0.2) is 0 Å². The van der Waals surface area contributed by atoms with Crippen LogP contribution in [0, 0.1) is 13.8 Å². The average Bonchev–Trinajstić information content (AvgIpc) is 2.98. The van der Waals surface area contributed by atoms with E-state index in [4.69, 9.17) is 5.73 Å². The van der Waals surface area contributed by atoms with E-state index in [1.807, 2.05) is 32.0 Å². The van der Waals surface area contributed by atoms with Crippen LogP contribution in [0.3, 0.4) is 0 Å². The number of rotatable bonds is 5. The number of benzene rings is 1. The van der Waals surface area contributed by atoms with Crippen LogP contribution in [0.25, 0.3) is 0 Å². The fourth-order valence-electron chi connectivity index (χ4n) is 3.33. The molecular weight excluding hydrogens is 348 g/mol. The lowest BCUT2D eigenvalue weighted by molar-refractivity contribution is -0.125. The number of hydrogen-bond donors (Lipinski definition) is 1. The molecule has 138 valence electrons. The Labute approximate surface area is 157 Å². The van der Waals surface area contributed by atoms with Gasteiger partial charge in [0.2, 0.25) is 5.91 Å². The van der Waals surface area contributed by atoms with Crippen LogP contribution in [-0.4, -0.2) is 58.8 Å². The van der Waals surface area contributed by atoms with E-state index in [-0.39, 0.29) is 11.8 Å². The van der Waals surface area contributed by atoms with Crippen molar-refractivity contribution in [3.8, 4) is 0 Å². The van der Waals surface area contributed by atoms with E-state index in [0.29, 0.717) is 24.5 Å². The van der Waals surface area contributed by atoms with E-state index < -0.39 is 6.04 Å². The largest absolute Gasteiger partial charge is 0.368 e. The van der Waals surface area contributed by atoms with Gasteiger partial charge in [0.25, 0.3) is 5.91 Å². The van der Waals surface area contributed by atoms with E-state index in [2.05, 4.69) is 22.0 Å². The topological polar surface area (TPSA) is 79.5 Å². The minimum Gasteiger partial charge on any atom is -0.368 e. The molecule has 1 aromatic carbocycles. The third-order valence-electron chi connectivity index (χ3n) is 4.74. The number of hydrogen-bond acceptors (Lipinski definition) is 5. The minimum absolute atomic E-state index is 0.0536. The molecule has 6 nitrogen and oxygen atoms in total. The summed E-state index contributed by atoms with van der Waals surface area (Å²) in [6.07, 6.45) is 0.853. The summed E-state index contributed by atoms with van der Waals surface area (Å²) in [7, 11) is 0. The second-order valence-electron chi connectivity index (χ2n) is 6.59. The summed E-state index contributed by atoms with van der Waals surface area (Å²) in [5.41, 5.74) is 7.61. The lowest BCUT2D eigenvalue weighted by Gasteiger charge is -2.39. The van der Waals surface area contributed by atoms with Crippen LogP contribution in [-0.2, 0) is 11.2 Å². The predicted octanol–water partition coefficient (Wildman–Crippen LogP) is 1.61. The van der Waals surface area contributed by atoms with Gasteiger partial charge in [-0.3, -0.25) is 14.5 Å². The molecule has 1 saturated heterocycles. The van der Waals surface area contributed by atoms with Gasteiger partial charge < -0.3 is 10.6 Å². The molecule has 2 heterocycles. The zero-order valence-electron chi connectivity index (χ0n) is 15.1. The number of nitrogens with zero attached hydrogens (tertiary/aromatic N) is 3. The summed E-state index contributed by atoms with van der Waals surface area (Å²) < 4.78 is 0. The maximum Gasteiger partial charge on any atom is 0.265 e. The Kier molecular flexibility index (Phi) is 5.68. The summed E-state index contributed by atoms with van der Waals surface area (Å²) in [5.74, 6) is -0.435. The van der Waals surface area contributed by atoms with Gasteiger partial charge >= 0.3 is 0 Å². The maximum absolute atomic E-state index is 12.8. The van der Waals surface area contributed by atoms with Gasteiger partial charge in [-0.05, 0) is 25.8 Å². The second kappa shape index (κ2) is 7.97. The zero-order chi connectivity index (χ0) is 18.7. The van der Waals surface area contributed by atoms with Crippen molar-refractivity contribution in [3.05, 3.63) is 51.5 Å². The summed E-state index contributed by atoms with van der Waals surface area (Å²) >= 11 is 1.40. The number of aromatic nitrogens is 1. The maximum atomic E-state index is 12.8. The van der Waals surface area contributed by atoms with Gasteiger partial charge in [0.05, 0.1) is 10.7 Å². The zero-order valence-corrected chi connectivity index (χ0v) is 16.0. The summed E-state index contributed by atoms with van der Waals surface area (Å²) in [4.78, 5) is 33.6. The summed E-state index contributed by atoms with van der Waals surface area (Å²) in [6, 6.07) is 9.71. The number of amides is 2. The fraction of sp³-hybridized carbons (Fsp3) is 0.421. The van der Waals surface area contributed by atoms with E-state index in [9.17, 15) is 9.59 Å². The molecule has 2 N–H and O–H groups in total. The summed E-state index contributed by atoms with van der Waals surface area (Å²) in [5, 5.41) is 0.874.